The van der Waals surface area contributed by atoms with Crippen LogP contribution in [0.5, 0.6) is 0 Å². The first-order valence-electron chi connectivity index (χ1n) is 11.8. The topological polar surface area (TPSA) is 40.5 Å². The van der Waals surface area contributed by atoms with Gasteiger partial charge in [0.1, 0.15) is 5.60 Å². The van der Waals surface area contributed by atoms with Gasteiger partial charge in [0.15, 0.2) is 5.78 Å². The molecule has 4 atom stereocenters. The number of benzene rings is 1. The minimum atomic E-state index is -0.924. The SMILES string of the molecule is CN(C)c1ccc(C#C[C@@]2(O)CC[C@H]3[C@@H]4CCC5=CC(=O)CCC5=C4CC[C@]32C)cc1. The third kappa shape index (κ3) is 3.28. The van der Waals surface area contributed by atoms with Gasteiger partial charge in [-0.2, -0.15) is 0 Å². The summed E-state index contributed by atoms with van der Waals surface area (Å²) in [6.07, 6.45) is 9.47. The quantitative estimate of drug-likeness (QED) is 0.653. The molecule has 5 rings (SSSR count). The van der Waals surface area contributed by atoms with Crippen LogP contribution in [-0.4, -0.2) is 30.6 Å². The predicted molar refractivity (Wildman–Crippen MR) is 125 cm³/mol. The summed E-state index contributed by atoms with van der Waals surface area (Å²) in [5, 5.41) is 11.8. The maximum absolute atomic E-state index is 11.9. The van der Waals surface area contributed by atoms with Crippen molar-refractivity contribution in [3.8, 4) is 11.8 Å². The molecule has 162 valence electrons. The fraction of sp³-hybridized carbons (Fsp3) is 0.536. The Kier molecular flexibility index (Phi) is 4.90. The highest BCUT2D eigenvalue weighted by Crippen LogP contribution is 2.63. The molecule has 3 heteroatoms. The van der Waals surface area contributed by atoms with Gasteiger partial charge in [-0.15, -0.1) is 0 Å². The Labute approximate surface area is 186 Å². The molecule has 0 saturated heterocycles. The van der Waals surface area contributed by atoms with Gasteiger partial charge in [0.05, 0.1) is 0 Å². The van der Waals surface area contributed by atoms with Crippen molar-refractivity contribution >= 4 is 11.5 Å². The molecule has 4 aliphatic carbocycles. The van der Waals surface area contributed by atoms with Crippen LogP contribution in [0.2, 0.25) is 0 Å². The van der Waals surface area contributed by atoms with Gasteiger partial charge < -0.3 is 10.0 Å². The van der Waals surface area contributed by atoms with Crippen molar-refractivity contribution in [1.82, 2.24) is 0 Å². The Bertz CT molecular complexity index is 1040. The number of carbonyl (C=O) groups is 1. The lowest BCUT2D eigenvalue weighted by atomic mass is 9.55. The molecule has 0 amide bonds. The van der Waals surface area contributed by atoms with Crippen molar-refractivity contribution in [2.24, 2.45) is 17.3 Å². The number of nitrogens with zero attached hydrogens (tertiary/aromatic N) is 1. The number of anilines is 1. The van der Waals surface area contributed by atoms with Crippen LogP contribution in [-0.2, 0) is 4.79 Å². The number of carbonyl (C=O) groups excluding carboxylic acids is 1. The molecule has 1 N–H and O–H groups in total. The van der Waals surface area contributed by atoms with Crippen molar-refractivity contribution < 1.29 is 9.90 Å². The number of allylic oxidation sites excluding steroid dienone is 4. The molecule has 0 aromatic heterocycles. The minimum Gasteiger partial charge on any atom is -0.378 e. The molecule has 2 fully saturated rings. The highest BCUT2D eigenvalue weighted by Gasteiger charge is 2.60. The standard InChI is InChI=1S/C28H33NO2/c1-27-15-13-24-23-11-9-22(30)18-20(23)6-10-25(24)26(27)14-17-28(27,31)16-12-19-4-7-21(8-5-19)29(2)3/h4-5,7-8,18,25-26,31H,6,9-11,13-15,17H2,1-3H3/t25-,26+,27-,28-/m1/s1. The molecule has 3 nitrogen and oxygen atoms in total. The van der Waals surface area contributed by atoms with E-state index in [1.54, 1.807) is 5.57 Å². The van der Waals surface area contributed by atoms with Gasteiger partial charge >= 0.3 is 0 Å². The largest absolute Gasteiger partial charge is 0.378 e. The first-order chi connectivity index (χ1) is 14.8. The molecule has 4 aliphatic rings. The van der Waals surface area contributed by atoms with Gasteiger partial charge in [-0.3, -0.25) is 4.79 Å². The van der Waals surface area contributed by atoms with Crippen LogP contribution in [0.4, 0.5) is 5.69 Å². The highest BCUT2D eigenvalue weighted by molar-refractivity contribution is 5.93. The lowest BCUT2D eigenvalue weighted by molar-refractivity contribution is -0.114. The third-order valence-electron chi connectivity index (χ3n) is 8.68. The molecule has 0 aliphatic heterocycles. The van der Waals surface area contributed by atoms with E-state index in [-0.39, 0.29) is 5.41 Å². The van der Waals surface area contributed by atoms with E-state index in [1.807, 2.05) is 32.3 Å². The number of rotatable bonds is 1. The van der Waals surface area contributed by atoms with Crippen molar-refractivity contribution in [2.45, 2.75) is 63.9 Å². The smallest absolute Gasteiger partial charge is 0.156 e. The van der Waals surface area contributed by atoms with Crippen LogP contribution < -0.4 is 4.90 Å². The maximum atomic E-state index is 11.9. The van der Waals surface area contributed by atoms with E-state index < -0.39 is 5.60 Å². The average Bonchev–Trinajstić information content (AvgIpc) is 3.03. The second-order valence-corrected chi connectivity index (χ2v) is 10.4. The molecule has 0 bridgehead atoms. The molecule has 1 aromatic rings. The van der Waals surface area contributed by atoms with Crippen molar-refractivity contribution in [3.05, 3.63) is 52.6 Å². The summed E-state index contributed by atoms with van der Waals surface area (Å²) in [5.74, 6) is 7.97. The van der Waals surface area contributed by atoms with E-state index in [2.05, 4.69) is 35.8 Å². The summed E-state index contributed by atoms with van der Waals surface area (Å²) in [7, 11) is 4.06. The first kappa shape index (κ1) is 20.6. The lowest BCUT2D eigenvalue weighted by Gasteiger charge is -2.50. The summed E-state index contributed by atoms with van der Waals surface area (Å²) in [4.78, 5) is 14.0. The number of fused-ring (bicyclic) bond motifs is 4. The molecular formula is C28H33NO2. The van der Waals surface area contributed by atoms with E-state index in [0.717, 1.165) is 56.2 Å². The zero-order valence-electron chi connectivity index (χ0n) is 19.0. The molecule has 0 radical (unpaired) electrons. The number of hydrogen-bond acceptors (Lipinski definition) is 3. The number of ketones is 1. The highest BCUT2D eigenvalue weighted by atomic mass is 16.3. The van der Waals surface area contributed by atoms with Crippen LogP contribution in [0.3, 0.4) is 0 Å². The third-order valence-corrected chi connectivity index (χ3v) is 8.68. The van der Waals surface area contributed by atoms with Crippen molar-refractivity contribution in [3.63, 3.8) is 0 Å². The maximum Gasteiger partial charge on any atom is 0.156 e. The lowest BCUT2D eigenvalue weighted by Crippen LogP contribution is -2.49. The van der Waals surface area contributed by atoms with E-state index in [0.29, 0.717) is 24.0 Å². The molecule has 31 heavy (non-hydrogen) atoms. The van der Waals surface area contributed by atoms with Crippen LogP contribution >= 0.6 is 0 Å². The second kappa shape index (κ2) is 7.38. The Balaban J connectivity index is 1.43. The van der Waals surface area contributed by atoms with E-state index >= 15 is 0 Å². The Morgan fingerprint density at radius 2 is 1.81 bits per heavy atom. The average molecular weight is 416 g/mol. The molecule has 0 heterocycles. The van der Waals surface area contributed by atoms with Crippen LogP contribution in [0.25, 0.3) is 0 Å². The zero-order valence-corrected chi connectivity index (χ0v) is 19.0. The molecule has 2 saturated carbocycles. The van der Waals surface area contributed by atoms with E-state index in [9.17, 15) is 9.90 Å². The van der Waals surface area contributed by atoms with Crippen molar-refractivity contribution in [1.29, 1.82) is 0 Å². The van der Waals surface area contributed by atoms with Crippen LogP contribution in [0.15, 0.2) is 47.1 Å². The normalized spacial score (nSPS) is 34.2. The Morgan fingerprint density at radius 1 is 1.03 bits per heavy atom. The number of hydrogen-bond donors (Lipinski definition) is 1. The van der Waals surface area contributed by atoms with E-state index in [4.69, 9.17) is 0 Å². The predicted octanol–water partition coefficient (Wildman–Crippen LogP) is 5.04. The molecule has 0 unspecified atom stereocenters. The molecular weight excluding hydrogens is 382 g/mol. The van der Waals surface area contributed by atoms with Gasteiger partial charge in [0.2, 0.25) is 0 Å². The fourth-order valence-electron chi connectivity index (χ4n) is 6.77. The van der Waals surface area contributed by atoms with Crippen LogP contribution in [0.1, 0.15) is 63.9 Å². The monoisotopic (exact) mass is 415 g/mol. The summed E-state index contributed by atoms with van der Waals surface area (Å²) in [5.41, 5.74) is 5.42. The second-order valence-electron chi connectivity index (χ2n) is 10.4. The minimum absolute atomic E-state index is 0.163. The van der Waals surface area contributed by atoms with Gasteiger partial charge in [-0.05, 0) is 98.3 Å². The van der Waals surface area contributed by atoms with Gasteiger partial charge in [0.25, 0.3) is 0 Å². The summed E-state index contributed by atoms with van der Waals surface area (Å²) < 4.78 is 0. The van der Waals surface area contributed by atoms with E-state index in [1.165, 1.54) is 11.1 Å². The zero-order chi connectivity index (χ0) is 21.8. The van der Waals surface area contributed by atoms with Gasteiger partial charge in [-0.1, -0.05) is 24.3 Å². The summed E-state index contributed by atoms with van der Waals surface area (Å²) in [6, 6.07) is 8.25. The summed E-state index contributed by atoms with van der Waals surface area (Å²) in [6.45, 7) is 2.28. The molecule has 1 aromatic carbocycles. The first-order valence-corrected chi connectivity index (χ1v) is 11.8. The van der Waals surface area contributed by atoms with Crippen molar-refractivity contribution in [2.75, 3.05) is 19.0 Å². The molecule has 0 spiro atoms. The number of aliphatic hydroxyl groups is 1. The fourth-order valence-corrected chi connectivity index (χ4v) is 6.77. The Hall–Kier alpha value is -2.31. The van der Waals surface area contributed by atoms with Gasteiger partial charge in [-0.25, -0.2) is 0 Å². The van der Waals surface area contributed by atoms with Crippen LogP contribution in [0, 0.1) is 29.1 Å². The summed E-state index contributed by atoms with van der Waals surface area (Å²) >= 11 is 0. The Morgan fingerprint density at radius 3 is 2.55 bits per heavy atom. The van der Waals surface area contributed by atoms with Gasteiger partial charge in [0, 0.05) is 37.2 Å².